The molecule has 20 heavy (non-hydrogen) atoms. The highest BCUT2D eigenvalue weighted by molar-refractivity contribution is 8.13. The summed E-state index contributed by atoms with van der Waals surface area (Å²) in [5.74, 6) is -0.287. The minimum Gasteiger partial charge on any atom is -0.478 e. The van der Waals surface area contributed by atoms with Crippen molar-refractivity contribution in [3.63, 3.8) is 0 Å². The average molecular weight is 293 g/mol. The number of hydrogen-bond acceptors (Lipinski definition) is 4. The van der Waals surface area contributed by atoms with Crippen molar-refractivity contribution in [1.29, 1.82) is 0 Å². The summed E-state index contributed by atoms with van der Waals surface area (Å²) < 4.78 is 0. The van der Waals surface area contributed by atoms with Gasteiger partial charge in [0.1, 0.15) is 0 Å². The first kappa shape index (κ1) is 14.6. The number of amides is 1. The Hall–Kier alpha value is -1.82. The second-order valence-corrected chi connectivity index (χ2v) is 5.93. The normalized spacial score (nSPS) is 18.4. The van der Waals surface area contributed by atoms with E-state index in [0.717, 1.165) is 0 Å². The minimum atomic E-state index is -1.01. The maximum atomic E-state index is 12.0. The topological polar surface area (TPSA) is 74.7 Å². The lowest BCUT2D eigenvalue weighted by Crippen LogP contribution is -2.25. The quantitative estimate of drug-likeness (QED) is 0.919. The molecule has 1 saturated heterocycles. The summed E-state index contributed by atoms with van der Waals surface area (Å²) in [6.07, 6.45) is 0.400. The van der Waals surface area contributed by atoms with Crippen LogP contribution in [-0.2, 0) is 9.59 Å². The van der Waals surface area contributed by atoms with Crippen LogP contribution in [0, 0.1) is 5.92 Å². The molecule has 1 amide bonds. The van der Waals surface area contributed by atoms with Crippen LogP contribution in [0.2, 0.25) is 0 Å². The molecule has 6 heteroatoms. The number of anilines is 1. The Labute approximate surface area is 121 Å². The van der Waals surface area contributed by atoms with Crippen LogP contribution in [0.15, 0.2) is 24.3 Å². The molecule has 0 spiro atoms. The van der Waals surface area contributed by atoms with Crippen molar-refractivity contribution in [3.05, 3.63) is 29.8 Å². The molecule has 1 N–H and O–H groups in total. The summed E-state index contributed by atoms with van der Waals surface area (Å²) in [4.78, 5) is 35.5. The van der Waals surface area contributed by atoms with Crippen molar-refractivity contribution in [2.24, 2.45) is 5.92 Å². The van der Waals surface area contributed by atoms with Crippen molar-refractivity contribution >= 4 is 34.4 Å². The van der Waals surface area contributed by atoms with E-state index < -0.39 is 5.97 Å². The van der Waals surface area contributed by atoms with Gasteiger partial charge in [0.15, 0.2) is 5.12 Å². The number of rotatable bonds is 4. The first-order valence-electron chi connectivity index (χ1n) is 6.24. The Morgan fingerprint density at radius 1 is 1.45 bits per heavy atom. The summed E-state index contributed by atoms with van der Waals surface area (Å²) in [5, 5.41) is 9.02. The number of aromatic carboxylic acids is 1. The van der Waals surface area contributed by atoms with Gasteiger partial charge in [-0.25, -0.2) is 4.79 Å². The molecule has 0 saturated carbocycles. The molecule has 0 bridgehead atoms. The number of carboxylic acid groups (broad SMARTS) is 1. The van der Waals surface area contributed by atoms with Gasteiger partial charge in [0.05, 0.1) is 5.56 Å². The zero-order valence-corrected chi connectivity index (χ0v) is 11.9. The Bertz CT molecular complexity index is 558. The molecule has 1 aliphatic heterocycles. The Morgan fingerprint density at radius 2 is 2.20 bits per heavy atom. The molecule has 0 radical (unpaired) electrons. The predicted molar refractivity (Wildman–Crippen MR) is 77.0 cm³/mol. The summed E-state index contributed by atoms with van der Waals surface area (Å²) in [5.41, 5.74) is 0.766. The van der Waals surface area contributed by atoms with Crippen LogP contribution in [0.3, 0.4) is 0 Å². The fraction of sp³-hybridized carbons (Fsp3) is 0.357. The molecule has 2 rings (SSSR count). The highest BCUT2D eigenvalue weighted by atomic mass is 32.2. The molecule has 1 aromatic carbocycles. The standard InChI is InChI=1S/C14H15NO4S/c1-9(16)20-8-10-5-13(17)15(7-10)12-4-2-3-11(6-12)14(18)19/h2-4,6,10H,5,7-8H2,1H3,(H,18,19). The van der Waals surface area contributed by atoms with Gasteiger partial charge in [0.2, 0.25) is 5.91 Å². The SMILES string of the molecule is CC(=O)SCC1CC(=O)N(c2cccc(C(=O)O)c2)C1. The van der Waals surface area contributed by atoms with Crippen molar-refractivity contribution in [3.8, 4) is 0 Å². The number of carbonyl (C=O) groups is 3. The van der Waals surface area contributed by atoms with E-state index in [1.165, 1.54) is 30.8 Å². The second-order valence-electron chi connectivity index (χ2n) is 4.73. The van der Waals surface area contributed by atoms with E-state index in [9.17, 15) is 14.4 Å². The molecular formula is C14H15NO4S. The Kier molecular flexibility index (Phi) is 4.44. The van der Waals surface area contributed by atoms with E-state index in [2.05, 4.69) is 0 Å². The molecule has 0 aliphatic carbocycles. The average Bonchev–Trinajstić information content (AvgIpc) is 2.78. The van der Waals surface area contributed by atoms with Crippen LogP contribution in [0.1, 0.15) is 23.7 Å². The molecule has 1 heterocycles. The second kappa shape index (κ2) is 6.09. The van der Waals surface area contributed by atoms with Gasteiger partial charge in [0.25, 0.3) is 0 Å². The van der Waals surface area contributed by atoms with Crippen molar-refractivity contribution in [1.82, 2.24) is 0 Å². The zero-order chi connectivity index (χ0) is 14.7. The molecule has 1 unspecified atom stereocenters. The number of hydrogen-bond donors (Lipinski definition) is 1. The first-order chi connectivity index (χ1) is 9.47. The fourth-order valence-electron chi connectivity index (χ4n) is 2.18. The Morgan fingerprint density at radius 3 is 2.85 bits per heavy atom. The van der Waals surface area contributed by atoms with Crippen molar-refractivity contribution < 1.29 is 19.5 Å². The van der Waals surface area contributed by atoms with E-state index >= 15 is 0 Å². The molecule has 0 aromatic heterocycles. The van der Waals surface area contributed by atoms with Crippen LogP contribution >= 0.6 is 11.8 Å². The van der Waals surface area contributed by atoms with E-state index in [1.54, 1.807) is 17.0 Å². The smallest absolute Gasteiger partial charge is 0.335 e. The molecule has 1 aliphatic rings. The lowest BCUT2D eigenvalue weighted by Gasteiger charge is -2.17. The fourth-order valence-corrected chi connectivity index (χ4v) is 2.88. The molecule has 1 atom stereocenters. The van der Waals surface area contributed by atoms with Gasteiger partial charge in [-0.05, 0) is 24.1 Å². The summed E-state index contributed by atoms with van der Waals surface area (Å²) in [6.45, 7) is 2.04. The Balaban J connectivity index is 2.09. The van der Waals surface area contributed by atoms with Gasteiger partial charge in [-0.15, -0.1) is 0 Å². The molecule has 1 aromatic rings. The van der Waals surface area contributed by atoms with E-state index in [1.807, 2.05) is 0 Å². The lowest BCUT2D eigenvalue weighted by atomic mass is 10.1. The highest BCUT2D eigenvalue weighted by Gasteiger charge is 2.31. The van der Waals surface area contributed by atoms with E-state index in [4.69, 9.17) is 5.11 Å². The van der Waals surface area contributed by atoms with Gasteiger partial charge in [-0.1, -0.05) is 17.8 Å². The predicted octanol–water partition coefficient (Wildman–Crippen LogP) is 2.02. The maximum absolute atomic E-state index is 12.0. The van der Waals surface area contributed by atoms with Crippen molar-refractivity contribution in [2.45, 2.75) is 13.3 Å². The monoisotopic (exact) mass is 293 g/mol. The lowest BCUT2D eigenvalue weighted by molar-refractivity contribution is -0.117. The maximum Gasteiger partial charge on any atom is 0.335 e. The van der Waals surface area contributed by atoms with Crippen LogP contribution in [0.5, 0.6) is 0 Å². The summed E-state index contributed by atoms with van der Waals surface area (Å²) in [6, 6.07) is 6.35. The molecule has 106 valence electrons. The summed E-state index contributed by atoms with van der Waals surface area (Å²) in [7, 11) is 0. The van der Waals surface area contributed by atoms with E-state index in [0.29, 0.717) is 24.4 Å². The summed E-state index contributed by atoms with van der Waals surface area (Å²) >= 11 is 1.22. The number of carboxylic acids is 1. The van der Waals surface area contributed by atoms with E-state index in [-0.39, 0.29) is 22.5 Å². The largest absolute Gasteiger partial charge is 0.478 e. The number of nitrogens with zero attached hydrogens (tertiary/aromatic N) is 1. The van der Waals surface area contributed by atoms with Crippen LogP contribution in [0.25, 0.3) is 0 Å². The third-order valence-corrected chi connectivity index (χ3v) is 4.18. The van der Waals surface area contributed by atoms with Crippen LogP contribution < -0.4 is 4.90 Å². The number of benzene rings is 1. The van der Waals surface area contributed by atoms with Gasteiger partial charge < -0.3 is 10.0 Å². The molecule has 5 nitrogen and oxygen atoms in total. The van der Waals surface area contributed by atoms with Gasteiger partial charge >= 0.3 is 5.97 Å². The third-order valence-electron chi connectivity index (χ3n) is 3.13. The number of thioether (sulfide) groups is 1. The number of carbonyl (C=O) groups excluding carboxylic acids is 2. The minimum absolute atomic E-state index is 0.0262. The zero-order valence-electron chi connectivity index (χ0n) is 11.0. The van der Waals surface area contributed by atoms with Crippen LogP contribution in [0.4, 0.5) is 5.69 Å². The molecule has 1 fully saturated rings. The van der Waals surface area contributed by atoms with Gasteiger partial charge in [0, 0.05) is 31.3 Å². The van der Waals surface area contributed by atoms with Crippen molar-refractivity contribution in [2.75, 3.05) is 17.2 Å². The first-order valence-corrected chi connectivity index (χ1v) is 7.23. The third kappa shape index (κ3) is 3.39. The van der Waals surface area contributed by atoms with Gasteiger partial charge in [-0.2, -0.15) is 0 Å². The van der Waals surface area contributed by atoms with Gasteiger partial charge in [-0.3, -0.25) is 9.59 Å². The van der Waals surface area contributed by atoms with Crippen LogP contribution in [-0.4, -0.2) is 34.4 Å². The highest BCUT2D eigenvalue weighted by Crippen LogP contribution is 2.28. The molecular weight excluding hydrogens is 278 g/mol.